The van der Waals surface area contributed by atoms with Crippen LogP contribution in [0.5, 0.6) is 0 Å². The third kappa shape index (κ3) is 5.56. The van der Waals surface area contributed by atoms with Crippen LogP contribution in [0.15, 0.2) is 187 Å². The Kier molecular flexibility index (Phi) is 7.98. The minimum Gasteiger partial charge on any atom is -0.357 e. The molecule has 0 saturated heterocycles. The van der Waals surface area contributed by atoms with Crippen LogP contribution in [-0.4, -0.2) is 16.7 Å². The van der Waals surface area contributed by atoms with Gasteiger partial charge in [-0.3, -0.25) is 0 Å². The van der Waals surface area contributed by atoms with Gasteiger partial charge >= 0.3 is 0 Å². The zero-order chi connectivity index (χ0) is 35.3. The van der Waals surface area contributed by atoms with Crippen molar-refractivity contribution >= 4 is 38.8 Å². The van der Waals surface area contributed by atoms with Crippen molar-refractivity contribution in [1.82, 2.24) is 4.57 Å². The monoisotopic (exact) mass is 684 g/mol. The highest BCUT2D eigenvalue weighted by Crippen LogP contribution is 2.48. The highest BCUT2D eigenvalue weighted by Gasteiger charge is 2.39. The summed E-state index contributed by atoms with van der Waals surface area (Å²) in [5, 5.41) is 2.57. The number of hydrogen-bond acceptors (Lipinski definition) is 1. The van der Waals surface area contributed by atoms with Gasteiger partial charge in [0.1, 0.15) is 0 Å². The molecule has 0 saturated carbocycles. The maximum atomic E-state index is 2.65. The molecule has 4 aliphatic carbocycles. The highest BCUT2D eigenvalue weighted by atomic mass is 15.2. The summed E-state index contributed by atoms with van der Waals surface area (Å²) in [4.78, 5) is 2.65. The number of benzene rings is 4. The van der Waals surface area contributed by atoms with E-state index in [-0.39, 0.29) is 0 Å². The molecule has 10 rings (SSSR count). The van der Waals surface area contributed by atoms with Crippen molar-refractivity contribution in [2.24, 2.45) is 5.92 Å². The van der Waals surface area contributed by atoms with E-state index >= 15 is 0 Å². The molecule has 258 valence electrons. The Morgan fingerprint density at radius 3 is 2.19 bits per heavy atom. The number of para-hydroxylation sites is 1. The number of allylic oxidation sites excluding steroid dienone is 14. The van der Waals surface area contributed by atoms with E-state index in [4.69, 9.17) is 0 Å². The number of aromatic nitrogens is 1. The van der Waals surface area contributed by atoms with Gasteiger partial charge in [-0.2, -0.15) is 0 Å². The summed E-state index contributed by atoms with van der Waals surface area (Å²) in [5.41, 5.74) is 14.6. The van der Waals surface area contributed by atoms with Gasteiger partial charge in [0.05, 0.1) is 23.1 Å². The summed E-state index contributed by atoms with van der Waals surface area (Å²) in [5.74, 6) is 0.764. The van der Waals surface area contributed by atoms with Crippen molar-refractivity contribution in [3.05, 3.63) is 198 Å². The molecule has 4 unspecified atom stereocenters. The Labute approximate surface area is 313 Å². The van der Waals surface area contributed by atoms with Crippen molar-refractivity contribution in [3.63, 3.8) is 0 Å². The normalized spacial score (nSPS) is 26.6. The second kappa shape index (κ2) is 13.3. The average Bonchev–Trinajstić information content (AvgIpc) is 3.73. The molecule has 5 aromatic rings. The zero-order valence-electron chi connectivity index (χ0n) is 30.3. The summed E-state index contributed by atoms with van der Waals surface area (Å²) in [6.45, 7) is 2.33. The summed E-state index contributed by atoms with van der Waals surface area (Å²) < 4.78 is 2.54. The predicted molar refractivity (Wildman–Crippen MR) is 226 cm³/mol. The summed E-state index contributed by atoms with van der Waals surface area (Å²) in [6, 6.07) is 35.0. The molecular weight excluding hydrogens is 641 g/mol. The standard InChI is InChI=1S/C51H44N2/c1-35-25-26-38(36-15-5-2-6-16-36)31-42(34-46(35)37-17-7-3-8-18-37)53-48-23-13-11-21-43(48)45-29-27-40(33-51(45)53)39-28-30-50-47(32-39)44-22-12-14-24-49(44)52(50)41-19-9-4-10-20-41/h2-15,17-19,21-24,27-34,36,41,44,49H,16,20,25-26H2,1H3/b38-31+,42-34+,46-35-. The maximum Gasteiger partial charge on any atom is 0.0586 e. The molecule has 53 heavy (non-hydrogen) atoms. The van der Waals surface area contributed by atoms with E-state index < -0.39 is 0 Å². The fourth-order valence-corrected chi connectivity index (χ4v) is 9.41. The molecule has 2 heterocycles. The molecule has 0 radical (unpaired) electrons. The van der Waals surface area contributed by atoms with Gasteiger partial charge in [0.15, 0.2) is 0 Å². The number of nitrogens with zero attached hydrogens (tertiary/aromatic N) is 2. The van der Waals surface area contributed by atoms with Crippen LogP contribution in [0.2, 0.25) is 0 Å². The smallest absolute Gasteiger partial charge is 0.0586 e. The Morgan fingerprint density at radius 2 is 1.34 bits per heavy atom. The van der Waals surface area contributed by atoms with E-state index in [2.05, 4.69) is 192 Å². The van der Waals surface area contributed by atoms with Crippen LogP contribution in [0, 0.1) is 5.92 Å². The molecule has 5 aliphatic rings. The largest absolute Gasteiger partial charge is 0.357 e. The SMILES string of the molecule is C\C1=C(c2ccccc2)/C=C(n2c3ccccc3c3ccc(-c4ccc5c(c4)C4C=CC=CC4N5C4C=CC=CC4)cc32)\C=C(\C2C=CC=CC2)CC1. The van der Waals surface area contributed by atoms with E-state index in [1.165, 1.54) is 72.2 Å². The van der Waals surface area contributed by atoms with Crippen molar-refractivity contribution in [3.8, 4) is 11.1 Å². The molecule has 2 nitrogen and oxygen atoms in total. The van der Waals surface area contributed by atoms with Gasteiger partial charge in [0, 0.05) is 34.0 Å². The lowest BCUT2D eigenvalue weighted by Crippen LogP contribution is -2.40. The molecule has 0 fully saturated rings. The van der Waals surface area contributed by atoms with Gasteiger partial charge in [0.2, 0.25) is 0 Å². The molecule has 0 N–H and O–H groups in total. The molecule has 1 aromatic heterocycles. The van der Waals surface area contributed by atoms with E-state index in [0.29, 0.717) is 23.9 Å². The number of fused-ring (bicyclic) bond motifs is 6. The van der Waals surface area contributed by atoms with E-state index in [1.54, 1.807) is 0 Å². The van der Waals surface area contributed by atoms with Crippen LogP contribution in [0.1, 0.15) is 49.7 Å². The first-order chi connectivity index (χ1) is 26.2. The molecule has 4 atom stereocenters. The highest BCUT2D eigenvalue weighted by molar-refractivity contribution is 6.12. The van der Waals surface area contributed by atoms with Crippen LogP contribution in [0.3, 0.4) is 0 Å². The predicted octanol–water partition coefficient (Wildman–Crippen LogP) is 12.9. The summed E-state index contributed by atoms with van der Waals surface area (Å²) in [6.07, 6.45) is 36.6. The Morgan fingerprint density at radius 1 is 0.585 bits per heavy atom. The first kappa shape index (κ1) is 31.8. The minimum atomic E-state index is 0.341. The molecule has 1 aliphatic heterocycles. The Hall–Kier alpha value is -5.86. The number of hydrogen-bond donors (Lipinski definition) is 0. The van der Waals surface area contributed by atoms with Crippen LogP contribution in [0.25, 0.3) is 44.2 Å². The molecule has 0 bridgehead atoms. The second-order valence-electron chi connectivity index (χ2n) is 15.2. The Bertz CT molecular complexity index is 2540. The van der Waals surface area contributed by atoms with Crippen LogP contribution in [0.4, 0.5) is 5.69 Å². The van der Waals surface area contributed by atoms with Crippen LogP contribution < -0.4 is 4.90 Å². The fourth-order valence-electron chi connectivity index (χ4n) is 9.41. The van der Waals surface area contributed by atoms with Crippen molar-refractivity contribution < 1.29 is 0 Å². The van der Waals surface area contributed by atoms with Gasteiger partial charge in [-0.1, -0.05) is 151 Å². The van der Waals surface area contributed by atoms with Crippen molar-refractivity contribution in [2.45, 2.75) is 50.6 Å². The van der Waals surface area contributed by atoms with Gasteiger partial charge < -0.3 is 9.47 Å². The lowest BCUT2D eigenvalue weighted by molar-refractivity contribution is 0.614. The molecule has 0 amide bonds. The lowest BCUT2D eigenvalue weighted by Gasteiger charge is -2.35. The Balaban J connectivity index is 1.15. The van der Waals surface area contributed by atoms with E-state index in [1.807, 2.05) is 0 Å². The van der Waals surface area contributed by atoms with Gasteiger partial charge in [-0.05, 0) is 96.9 Å². The van der Waals surface area contributed by atoms with Crippen molar-refractivity contribution in [2.75, 3.05) is 4.90 Å². The van der Waals surface area contributed by atoms with Crippen LogP contribution in [-0.2, 0) is 0 Å². The van der Waals surface area contributed by atoms with E-state index in [0.717, 1.165) is 25.7 Å². The maximum absolute atomic E-state index is 2.65. The van der Waals surface area contributed by atoms with Gasteiger partial charge in [0.25, 0.3) is 0 Å². The molecule has 0 spiro atoms. The second-order valence-corrected chi connectivity index (χ2v) is 15.2. The lowest BCUT2D eigenvalue weighted by atomic mass is 9.85. The zero-order valence-corrected chi connectivity index (χ0v) is 30.3. The van der Waals surface area contributed by atoms with Crippen LogP contribution >= 0.6 is 0 Å². The molecule has 4 aromatic carbocycles. The average molecular weight is 685 g/mol. The summed E-state index contributed by atoms with van der Waals surface area (Å²) in [7, 11) is 0. The third-order valence-electron chi connectivity index (χ3n) is 12.1. The first-order valence-corrected chi connectivity index (χ1v) is 19.4. The van der Waals surface area contributed by atoms with Gasteiger partial charge in [-0.25, -0.2) is 0 Å². The summed E-state index contributed by atoms with van der Waals surface area (Å²) >= 11 is 0. The quantitative estimate of drug-likeness (QED) is 0.179. The first-order valence-electron chi connectivity index (χ1n) is 19.4. The minimum absolute atomic E-state index is 0.341. The fraction of sp³-hybridized carbons (Fsp3) is 0.176. The third-order valence-corrected chi connectivity index (χ3v) is 12.1. The van der Waals surface area contributed by atoms with Gasteiger partial charge in [-0.15, -0.1) is 0 Å². The number of anilines is 1. The van der Waals surface area contributed by atoms with E-state index in [9.17, 15) is 0 Å². The van der Waals surface area contributed by atoms with Crippen molar-refractivity contribution in [1.29, 1.82) is 0 Å². The topological polar surface area (TPSA) is 8.17 Å². The molecule has 2 heteroatoms. The number of rotatable bonds is 5. The molecular formula is C51H44N2.